The molecule has 1 aliphatic heterocycles. The Morgan fingerprint density at radius 2 is 1.81 bits per heavy atom. The van der Waals surface area contributed by atoms with Crippen LogP contribution in [0.2, 0.25) is 0 Å². The van der Waals surface area contributed by atoms with Crippen LogP contribution in [-0.2, 0) is 20.7 Å². The molecule has 1 fully saturated rings. The molecule has 0 radical (unpaired) electrons. The van der Waals surface area contributed by atoms with E-state index in [2.05, 4.69) is 21.2 Å². The van der Waals surface area contributed by atoms with Crippen molar-refractivity contribution in [3.63, 3.8) is 0 Å². The number of imide groups is 1. The molecule has 1 saturated heterocycles. The van der Waals surface area contributed by atoms with Gasteiger partial charge in [0.25, 0.3) is 5.91 Å². The molecule has 140 valence electrons. The molecular formula is C20H19BrN2O4. The molecule has 1 unspecified atom stereocenters. The van der Waals surface area contributed by atoms with Crippen molar-refractivity contribution in [1.82, 2.24) is 10.2 Å². The monoisotopic (exact) mass is 430 g/mol. The van der Waals surface area contributed by atoms with E-state index in [4.69, 9.17) is 4.74 Å². The Bertz CT molecular complexity index is 825. The number of ether oxygens (including phenoxy) is 1. The minimum atomic E-state index is -0.677. The van der Waals surface area contributed by atoms with Gasteiger partial charge >= 0.3 is 6.09 Å². The molecule has 0 bridgehead atoms. The predicted molar refractivity (Wildman–Crippen MR) is 103 cm³/mol. The Kier molecular flexibility index (Phi) is 6.24. The van der Waals surface area contributed by atoms with Crippen molar-refractivity contribution in [2.45, 2.75) is 18.9 Å². The topological polar surface area (TPSA) is 75.7 Å². The number of benzene rings is 2. The largest absolute Gasteiger partial charge is 0.439 e. The number of aryl methyl sites for hydroxylation is 1. The van der Waals surface area contributed by atoms with Gasteiger partial charge in [-0.25, -0.2) is 9.69 Å². The maximum atomic E-state index is 12.5. The molecule has 1 atom stereocenters. The van der Waals surface area contributed by atoms with E-state index < -0.39 is 18.0 Å². The van der Waals surface area contributed by atoms with Crippen LogP contribution in [0.25, 0.3) is 0 Å². The zero-order valence-corrected chi connectivity index (χ0v) is 16.1. The highest BCUT2D eigenvalue weighted by molar-refractivity contribution is 9.10. The molecule has 1 N–H and O–H groups in total. The zero-order chi connectivity index (χ0) is 19.2. The van der Waals surface area contributed by atoms with Crippen molar-refractivity contribution >= 4 is 33.8 Å². The van der Waals surface area contributed by atoms with Gasteiger partial charge < -0.3 is 10.1 Å². The quantitative estimate of drug-likeness (QED) is 0.731. The maximum Gasteiger partial charge on any atom is 0.417 e. The van der Waals surface area contributed by atoms with Gasteiger partial charge in [-0.3, -0.25) is 9.59 Å². The van der Waals surface area contributed by atoms with E-state index in [1.807, 2.05) is 54.6 Å². The van der Waals surface area contributed by atoms with Crippen molar-refractivity contribution in [3.05, 3.63) is 70.2 Å². The first kappa shape index (κ1) is 19.1. The second-order valence-electron chi connectivity index (χ2n) is 6.18. The van der Waals surface area contributed by atoms with Crippen molar-refractivity contribution in [2.24, 2.45) is 0 Å². The number of rotatable bonds is 7. The number of nitrogens with one attached hydrogen (secondary N) is 1. The molecule has 3 amide bonds. The number of carbonyl (C=O) groups is 3. The molecule has 1 heterocycles. The lowest BCUT2D eigenvalue weighted by atomic mass is 10.1. The summed E-state index contributed by atoms with van der Waals surface area (Å²) in [6.07, 6.45) is 0.201. The smallest absolute Gasteiger partial charge is 0.417 e. The average molecular weight is 431 g/mol. The van der Waals surface area contributed by atoms with Crippen LogP contribution >= 0.6 is 15.9 Å². The lowest BCUT2D eigenvalue weighted by Gasteiger charge is -2.23. The molecular weight excluding hydrogens is 412 g/mol. The van der Waals surface area contributed by atoms with Gasteiger partial charge in [0, 0.05) is 10.9 Å². The van der Waals surface area contributed by atoms with E-state index in [9.17, 15) is 14.4 Å². The molecule has 0 saturated carbocycles. The molecule has 0 spiro atoms. The molecule has 0 aliphatic carbocycles. The minimum Gasteiger partial charge on any atom is -0.439 e. The van der Waals surface area contributed by atoms with Gasteiger partial charge in [-0.2, -0.15) is 0 Å². The van der Waals surface area contributed by atoms with Crippen molar-refractivity contribution in [1.29, 1.82) is 0 Å². The van der Waals surface area contributed by atoms with Gasteiger partial charge in [0.1, 0.15) is 0 Å². The average Bonchev–Trinajstić information content (AvgIpc) is 2.99. The second-order valence-corrected chi connectivity index (χ2v) is 7.04. The number of nitrogens with zero attached hydrogens (tertiary/aromatic N) is 1. The highest BCUT2D eigenvalue weighted by Crippen LogP contribution is 2.19. The highest BCUT2D eigenvalue weighted by Gasteiger charge is 2.33. The van der Waals surface area contributed by atoms with E-state index in [0.717, 1.165) is 20.5 Å². The van der Waals surface area contributed by atoms with Crippen molar-refractivity contribution in [2.75, 3.05) is 13.2 Å². The summed E-state index contributed by atoms with van der Waals surface area (Å²) < 4.78 is 5.72. The maximum absolute atomic E-state index is 12.5. The third-order valence-electron chi connectivity index (χ3n) is 4.32. The van der Waals surface area contributed by atoms with Crippen LogP contribution in [0.4, 0.5) is 4.79 Å². The summed E-state index contributed by atoms with van der Waals surface area (Å²) in [5.74, 6) is -0.553. The first-order chi connectivity index (χ1) is 13.0. The van der Waals surface area contributed by atoms with Gasteiger partial charge in [-0.15, -0.1) is 0 Å². The standard InChI is InChI=1S/C20H19BrN2O4/c21-16-9-5-4-6-14(16)10-11-18(24)22-17(15-7-2-1-3-8-15)12-23-19(25)13-27-20(23)26/h1-9,17H,10-13H2,(H,22,24). The number of carbonyl (C=O) groups excluding carboxylic acids is 3. The first-order valence-electron chi connectivity index (χ1n) is 8.59. The normalized spacial score (nSPS) is 14.8. The van der Waals surface area contributed by atoms with E-state index in [0.29, 0.717) is 12.8 Å². The summed E-state index contributed by atoms with van der Waals surface area (Å²) in [6.45, 7) is -0.210. The van der Waals surface area contributed by atoms with Crippen molar-refractivity contribution < 1.29 is 19.1 Å². The van der Waals surface area contributed by atoms with Gasteiger partial charge in [0.05, 0.1) is 12.6 Å². The summed E-state index contributed by atoms with van der Waals surface area (Å²) in [7, 11) is 0. The fourth-order valence-electron chi connectivity index (χ4n) is 2.88. The molecule has 2 aromatic rings. The van der Waals surface area contributed by atoms with Crippen molar-refractivity contribution in [3.8, 4) is 0 Å². The van der Waals surface area contributed by atoms with Crippen LogP contribution < -0.4 is 5.32 Å². The molecule has 27 heavy (non-hydrogen) atoms. The number of amides is 3. The Morgan fingerprint density at radius 3 is 2.48 bits per heavy atom. The second kappa shape index (κ2) is 8.81. The lowest BCUT2D eigenvalue weighted by molar-refractivity contribution is -0.127. The molecule has 0 aromatic heterocycles. The Hall–Kier alpha value is -2.67. The van der Waals surface area contributed by atoms with Crippen LogP contribution in [0, 0.1) is 0 Å². The fraction of sp³-hybridized carbons (Fsp3) is 0.250. The Labute approximate surface area is 165 Å². The molecule has 1 aliphatic rings. The Balaban J connectivity index is 1.67. The summed E-state index contributed by atoms with van der Waals surface area (Å²) >= 11 is 3.48. The van der Waals surface area contributed by atoms with Crippen LogP contribution in [0.5, 0.6) is 0 Å². The van der Waals surface area contributed by atoms with Crippen LogP contribution in [0.15, 0.2) is 59.1 Å². The molecule has 3 rings (SSSR count). The summed E-state index contributed by atoms with van der Waals surface area (Å²) in [4.78, 5) is 37.1. The Morgan fingerprint density at radius 1 is 1.11 bits per heavy atom. The van der Waals surface area contributed by atoms with Crippen LogP contribution in [0.1, 0.15) is 23.6 Å². The van der Waals surface area contributed by atoms with Crippen LogP contribution in [0.3, 0.4) is 0 Å². The fourth-order valence-corrected chi connectivity index (χ4v) is 3.36. The molecule has 7 heteroatoms. The molecule has 2 aromatic carbocycles. The van der Waals surface area contributed by atoms with E-state index in [-0.39, 0.29) is 19.1 Å². The van der Waals surface area contributed by atoms with Gasteiger partial charge in [-0.1, -0.05) is 64.5 Å². The number of halogens is 1. The summed E-state index contributed by atoms with van der Waals surface area (Å²) in [5.41, 5.74) is 1.86. The zero-order valence-electron chi connectivity index (χ0n) is 14.6. The van der Waals surface area contributed by atoms with Gasteiger partial charge in [-0.05, 0) is 23.6 Å². The first-order valence-corrected chi connectivity index (χ1v) is 9.38. The number of cyclic esters (lactones) is 1. The highest BCUT2D eigenvalue weighted by atomic mass is 79.9. The van der Waals surface area contributed by atoms with E-state index in [1.165, 1.54) is 0 Å². The lowest BCUT2D eigenvalue weighted by Crippen LogP contribution is -2.40. The number of hydrogen-bond acceptors (Lipinski definition) is 4. The third-order valence-corrected chi connectivity index (χ3v) is 5.10. The minimum absolute atomic E-state index is 0.0441. The van der Waals surface area contributed by atoms with E-state index >= 15 is 0 Å². The van der Waals surface area contributed by atoms with E-state index in [1.54, 1.807) is 0 Å². The predicted octanol–water partition coefficient (Wildman–Crippen LogP) is 3.22. The SMILES string of the molecule is O=C(CCc1ccccc1Br)NC(CN1C(=O)COC1=O)c1ccccc1. The number of hydrogen-bond donors (Lipinski definition) is 1. The third kappa shape index (κ3) is 4.95. The van der Waals surface area contributed by atoms with Crippen LogP contribution in [-0.4, -0.2) is 36.0 Å². The van der Waals surface area contributed by atoms with Gasteiger partial charge in [0.15, 0.2) is 6.61 Å². The molecule has 6 nitrogen and oxygen atoms in total. The summed E-state index contributed by atoms with van der Waals surface area (Å²) in [6, 6.07) is 16.5. The summed E-state index contributed by atoms with van der Waals surface area (Å²) in [5, 5.41) is 2.94. The van der Waals surface area contributed by atoms with Gasteiger partial charge in [0.2, 0.25) is 5.91 Å².